The maximum atomic E-state index is 5.96. The average Bonchev–Trinajstić information content (AvgIpc) is 2.57. The minimum atomic E-state index is 0.179. The van der Waals surface area contributed by atoms with Gasteiger partial charge in [-0.05, 0) is 89.3 Å². The first kappa shape index (κ1) is 19.6. The standard InChI is InChI=1S/C20H34N4O/c1-16(2)25-19-8-6-18(7-9-19)23-20(21)22-12-4-5-13-24-14-10-17(3)11-15-24/h6-9,16-17H,4-5,10-15H2,1-3H3,(H3,21,22,23). The van der Waals surface area contributed by atoms with Crippen molar-refractivity contribution < 1.29 is 4.74 Å². The molecule has 0 atom stereocenters. The van der Waals surface area contributed by atoms with E-state index in [0.29, 0.717) is 5.96 Å². The number of anilines is 1. The Bertz CT molecular complexity index is 519. The number of benzene rings is 1. The molecule has 1 saturated heterocycles. The molecule has 0 aromatic heterocycles. The molecule has 0 spiro atoms. The van der Waals surface area contributed by atoms with Crippen LogP contribution in [0.15, 0.2) is 29.3 Å². The zero-order valence-electron chi connectivity index (χ0n) is 16.0. The zero-order valence-corrected chi connectivity index (χ0v) is 16.0. The van der Waals surface area contributed by atoms with Crippen molar-refractivity contribution in [3.63, 3.8) is 0 Å². The topological polar surface area (TPSA) is 62.9 Å². The number of nitrogens with two attached hydrogens (primary N) is 1. The van der Waals surface area contributed by atoms with Gasteiger partial charge in [0.25, 0.3) is 0 Å². The lowest BCUT2D eigenvalue weighted by Crippen LogP contribution is -2.33. The van der Waals surface area contributed by atoms with Crippen LogP contribution in [0.1, 0.15) is 46.5 Å². The van der Waals surface area contributed by atoms with E-state index in [0.717, 1.165) is 30.3 Å². The molecule has 0 bridgehead atoms. The average molecular weight is 347 g/mol. The summed E-state index contributed by atoms with van der Waals surface area (Å²) in [5.74, 6) is 2.24. The molecule has 2 rings (SSSR count). The van der Waals surface area contributed by atoms with Crippen LogP contribution in [-0.4, -0.2) is 43.1 Å². The molecule has 0 saturated carbocycles. The predicted octanol–water partition coefficient (Wildman–Crippen LogP) is 3.71. The minimum absolute atomic E-state index is 0.179. The second-order valence-corrected chi connectivity index (χ2v) is 7.31. The van der Waals surface area contributed by atoms with Crippen molar-refractivity contribution in [3.05, 3.63) is 24.3 Å². The number of likely N-dealkylation sites (tertiary alicyclic amines) is 1. The van der Waals surface area contributed by atoms with Crippen molar-refractivity contribution in [1.82, 2.24) is 4.90 Å². The quantitative estimate of drug-likeness (QED) is 0.428. The molecule has 0 amide bonds. The summed E-state index contributed by atoms with van der Waals surface area (Å²) in [5, 5.41) is 3.13. The summed E-state index contributed by atoms with van der Waals surface area (Å²) in [7, 11) is 0. The van der Waals surface area contributed by atoms with Crippen molar-refractivity contribution in [1.29, 1.82) is 0 Å². The molecule has 1 fully saturated rings. The fourth-order valence-electron chi connectivity index (χ4n) is 3.01. The number of unbranched alkanes of at least 4 members (excludes halogenated alkanes) is 1. The molecule has 1 aromatic rings. The van der Waals surface area contributed by atoms with E-state index < -0.39 is 0 Å². The predicted molar refractivity (Wildman–Crippen MR) is 106 cm³/mol. The lowest BCUT2D eigenvalue weighted by Gasteiger charge is -2.30. The Morgan fingerprint density at radius 2 is 1.92 bits per heavy atom. The summed E-state index contributed by atoms with van der Waals surface area (Å²) in [6, 6.07) is 7.79. The van der Waals surface area contributed by atoms with E-state index in [1.165, 1.54) is 38.9 Å². The van der Waals surface area contributed by atoms with Gasteiger partial charge in [0.2, 0.25) is 0 Å². The SMILES string of the molecule is CC1CCN(CCCCN=C(N)Nc2ccc(OC(C)C)cc2)CC1. The molecule has 0 unspecified atom stereocenters. The van der Waals surface area contributed by atoms with E-state index in [2.05, 4.69) is 22.1 Å². The van der Waals surface area contributed by atoms with Gasteiger partial charge in [-0.2, -0.15) is 0 Å². The second kappa shape index (κ2) is 10.3. The van der Waals surface area contributed by atoms with Gasteiger partial charge in [-0.15, -0.1) is 0 Å². The van der Waals surface area contributed by atoms with Crippen LogP contribution in [0, 0.1) is 5.92 Å². The van der Waals surface area contributed by atoms with Crippen molar-refractivity contribution in [3.8, 4) is 5.75 Å². The van der Waals surface area contributed by atoms with Gasteiger partial charge in [0.15, 0.2) is 5.96 Å². The highest BCUT2D eigenvalue weighted by atomic mass is 16.5. The number of rotatable bonds is 8. The van der Waals surface area contributed by atoms with Crippen LogP contribution >= 0.6 is 0 Å². The maximum absolute atomic E-state index is 5.96. The minimum Gasteiger partial charge on any atom is -0.491 e. The number of guanidine groups is 1. The third kappa shape index (κ3) is 7.78. The summed E-state index contributed by atoms with van der Waals surface area (Å²) in [4.78, 5) is 6.99. The Hall–Kier alpha value is -1.75. The first-order chi connectivity index (χ1) is 12.0. The van der Waals surface area contributed by atoms with E-state index >= 15 is 0 Å². The highest BCUT2D eigenvalue weighted by molar-refractivity contribution is 5.92. The number of nitrogens with zero attached hydrogens (tertiary/aromatic N) is 2. The van der Waals surface area contributed by atoms with Crippen molar-refractivity contribution >= 4 is 11.6 Å². The summed E-state index contributed by atoms with van der Waals surface area (Å²) >= 11 is 0. The van der Waals surface area contributed by atoms with Gasteiger partial charge in [-0.3, -0.25) is 4.99 Å². The molecule has 140 valence electrons. The van der Waals surface area contributed by atoms with Gasteiger partial charge in [-0.25, -0.2) is 0 Å². The summed E-state index contributed by atoms with van der Waals surface area (Å²) in [5.41, 5.74) is 6.89. The fraction of sp³-hybridized carbons (Fsp3) is 0.650. The summed E-state index contributed by atoms with van der Waals surface area (Å²) in [6.45, 7) is 10.9. The van der Waals surface area contributed by atoms with Crippen LogP contribution in [-0.2, 0) is 0 Å². The molecular formula is C20H34N4O. The summed E-state index contributed by atoms with van der Waals surface area (Å²) in [6.07, 6.45) is 5.13. The first-order valence-electron chi connectivity index (χ1n) is 9.59. The molecule has 1 heterocycles. The molecule has 5 heteroatoms. The number of hydrogen-bond donors (Lipinski definition) is 2. The van der Waals surface area contributed by atoms with E-state index in [9.17, 15) is 0 Å². The third-order valence-corrected chi connectivity index (χ3v) is 4.54. The molecule has 25 heavy (non-hydrogen) atoms. The zero-order chi connectivity index (χ0) is 18.1. The fourth-order valence-corrected chi connectivity index (χ4v) is 3.01. The Kier molecular flexibility index (Phi) is 8.06. The number of ether oxygens (including phenoxy) is 1. The molecular weight excluding hydrogens is 312 g/mol. The molecule has 1 aromatic carbocycles. The Labute approximate surface area is 152 Å². The molecule has 5 nitrogen and oxygen atoms in total. The van der Waals surface area contributed by atoms with Crippen LogP contribution < -0.4 is 15.8 Å². The van der Waals surface area contributed by atoms with E-state index in [4.69, 9.17) is 10.5 Å². The number of nitrogens with one attached hydrogen (secondary N) is 1. The molecule has 1 aliphatic heterocycles. The normalized spacial score (nSPS) is 17.0. The van der Waals surface area contributed by atoms with Crippen LogP contribution in [0.3, 0.4) is 0 Å². The van der Waals surface area contributed by atoms with E-state index in [1.54, 1.807) is 0 Å². The Morgan fingerprint density at radius 3 is 2.56 bits per heavy atom. The highest BCUT2D eigenvalue weighted by Gasteiger charge is 2.14. The van der Waals surface area contributed by atoms with Crippen LogP contribution in [0.4, 0.5) is 5.69 Å². The monoisotopic (exact) mass is 346 g/mol. The molecule has 1 aliphatic rings. The van der Waals surface area contributed by atoms with Crippen LogP contribution in [0.2, 0.25) is 0 Å². The number of piperidine rings is 1. The lowest BCUT2D eigenvalue weighted by atomic mass is 9.99. The van der Waals surface area contributed by atoms with Crippen molar-refractivity contribution in [2.75, 3.05) is 31.5 Å². The molecule has 0 aliphatic carbocycles. The molecule has 3 N–H and O–H groups in total. The van der Waals surface area contributed by atoms with E-state index in [-0.39, 0.29) is 6.10 Å². The number of hydrogen-bond acceptors (Lipinski definition) is 3. The Balaban J connectivity index is 1.62. The van der Waals surface area contributed by atoms with Crippen LogP contribution in [0.25, 0.3) is 0 Å². The largest absolute Gasteiger partial charge is 0.491 e. The summed E-state index contributed by atoms with van der Waals surface area (Å²) < 4.78 is 5.63. The van der Waals surface area contributed by atoms with Gasteiger partial charge in [-0.1, -0.05) is 6.92 Å². The third-order valence-electron chi connectivity index (χ3n) is 4.54. The van der Waals surface area contributed by atoms with Gasteiger partial charge in [0.1, 0.15) is 5.75 Å². The van der Waals surface area contributed by atoms with Crippen molar-refractivity contribution in [2.24, 2.45) is 16.6 Å². The smallest absolute Gasteiger partial charge is 0.193 e. The van der Waals surface area contributed by atoms with Crippen LogP contribution in [0.5, 0.6) is 5.75 Å². The number of aliphatic imine (C=N–C) groups is 1. The molecule has 0 radical (unpaired) electrons. The second-order valence-electron chi connectivity index (χ2n) is 7.31. The van der Waals surface area contributed by atoms with Gasteiger partial charge < -0.3 is 20.7 Å². The maximum Gasteiger partial charge on any atom is 0.193 e. The highest BCUT2D eigenvalue weighted by Crippen LogP contribution is 2.17. The van der Waals surface area contributed by atoms with Crippen molar-refractivity contribution in [2.45, 2.75) is 52.6 Å². The van der Waals surface area contributed by atoms with Gasteiger partial charge in [0, 0.05) is 12.2 Å². The van der Waals surface area contributed by atoms with Gasteiger partial charge in [0.05, 0.1) is 6.10 Å². The van der Waals surface area contributed by atoms with E-state index in [1.807, 2.05) is 38.1 Å². The Morgan fingerprint density at radius 1 is 1.24 bits per heavy atom. The first-order valence-corrected chi connectivity index (χ1v) is 9.59. The van der Waals surface area contributed by atoms with Gasteiger partial charge >= 0.3 is 0 Å². The lowest BCUT2D eigenvalue weighted by molar-refractivity contribution is 0.190.